The third kappa shape index (κ3) is 4.81. The van der Waals surface area contributed by atoms with Gasteiger partial charge in [0.2, 0.25) is 0 Å². The lowest BCUT2D eigenvalue weighted by molar-refractivity contribution is 0.0954. The van der Waals surface area contributed by atoms with Gasteiger partial charge in [0, 0.05) is 16.8 Å². The van der Waals surface area contributed by atoms with Gasteiger partial charge < -0.3 is 5.32 Å². The number of anilines is 1. The van der Waals surface area contributed by atoms with Crippen LogP contribution in [0.25, 0.3) is 0 Å². The molecule has 0 aliphatic heterocycles. The maximum Gasteiger partial charge on any atom is 0.271 e. The molecule has 0 bridgehead atoms. The molecule has 3 rings (SSSR count). The fourth-order valence-corrected chi connectivity index (χ4v) is 2.58. The predicted molar refractivity (Wildman–Crippen MR) is 107 cm³/mol. The second kappa shape index (κ2) is 8.92. The number of benzene rings is 3. The largest absolute Gasteiger partial charge is 0.322 e. The summed E-state index contributed by atoms with van der Waals surface area (Å²) in [6, 6.07) is 19.0. The van der Waals surface area contributed by atoms with Gasteiger partial charge in [-0.3, -0.25) is 9.59 Å². The normalized spacial score (nSPS) is 10.6. The van der Waals surface area contributed by atoms with E-state index in [0.717, 1.165) is 0 Å². The van der Waals surface area contributed by atoms with E-state index in [2.05, 4.69) is 15.8 Å². The van der Waals surface area contributed by atoms with Gasteiger partial charge in [0.05, 0.1) is 16.8 Å². The molecule has 2 N–H and O–H groups in total. The summed E-state index contributed by atoms with van der Waals surface area (Å²) in [6.07, 6.45) is 1.23. The van der Waals surface area contributed by atoms with Gasteiger partial charge in [-0.05, 0) is 42.5 Å². The highest BCUT2D eigenvalue weighted by Gasteiger charge is 2.10. The molecule has 28 heavy (non-hydrogen) atoms. The van der Waals surface area contributed by atoms with E-state index in [1.165, 1.54) is 24.4 Å². The van der Waals surface area contributed by atoms with E-state index in [4.69, 9.17) is 11.6 Å². The first-order valence-electron chi connectivity index (χ1n) is 8.28. The van der Waals surface area contributed by atoms with Crippen LogP contribution in [0.2, 0.25) is 5.02 Å². The van der Waals surface area contributed by atoms with Crippen LogP contribution >= 0.6 is 11.6 Å². The van der Waals surface area contributed by atoms with Crippen LogP contribution in [-0.4, -0.2) is 18.0 Å². The molecule has 0 fully saturated rings. The Morgan fingerprint density at radius 2 is 1.57 bits per heavy atom. The van der Waals surface area contributed by atoms with E-state index in [1.807, 2.05) is 0 Å². The minimum atomic E-state index is -0.462. The summed E-state index contributed by atoms with van der Waals surface area (Å²) < 4.78 is 13.5. The minimum absolute atomic E-state index is 0.264. The van der Waals surface area contributed by atoms with Crippen LogP contribution in [0.15, 0.2) is 77.9 Å². The molecule has 5 nitrogen and oxygen atoms in total. The fourth-order valence-electron chi connectivity index (χ4n) is 2.35. The van der Waals surface area contributed by atoms with Crippen molar-refractivity contribution in [2.45, 2.75) is 0 Å². The van der Waals surface area contributed by atoms with Gasteiger partial charge >= 0.3 is 0 Å². The molecule has 0 aliphatic carbocycles. The van der Waals surface area contributed by atoms with Crippen molar-refractivity contribution in [3.05, 3.63) is 100 Å². The van der Waals surface area contributed by atoms with E-state index >= 15 is 0 Å². The smallest absolute Gasteiger partial charge is 0.271 e. The van der Waals surface area contributed by atoms with E-state index in [-0.39, 0.29) is 11.5 Å². The summed E-state index contributed by atoms with van der Waals surface area (Å²) in [4.78, 5) is 24.3. The number of rotatable bonds is 5. The summed E-state index contributed by atoms with van der Waals surface area (Å²) in [7, 11) is 0. The summed E-state index contributed by atoms with van der Waals surface area (Å²) in [5, 5.41) is 6.81. The Labute approximate surface area is 165 Å². The topological polar surface area (TPSA) is 70.6 Å². The molecule has 3 aromatic carbocycles. The third-order valence-electron chi connectivity index (χ3n) is 3.80. The van der Waals surface area contributed by atoms with Crippen molar-refractivity contribution in [1.82, 2.24) is 5.43 Å². The predicted octanol–water partition coefficient (Wildman–Crippen LogP) is 4.50. The number of carbonyl (C=O) groups excluding carboxylic acids is 2. The van der Waals surface area contributed by atoms with Gasteiger partial charge in [0.15, 0.2) is 0 Å². The number of hydrogen-bond acceptors (Lipinski definition) is 3. The highest BCUT2D eigenvalue weighted by atomic mass is 35.5. The molecular formula is C21H15ClFN3O2. The van der Waals surface area contributed by atoms with Crippen LogP contribution in [0.3, 0.4) is 0 Å². The van der Waals surface area contributed by atoms with Crippen molar-refractivity contribution in [2.24, 2.45) is 5.10 Å². The molecule has 0 saturated heterocycles. The lowest BCUT2D eigenvalue weighted by atomic mass is 10.1. The first-order chi connectivity index (χ1) is 13.5. The monoisotopic (exact) mass is 395 g/mol. The maximum atomic E-state index is 13.5. The SMILES string of the molecule is O=C(NN=Cc1ccccc1F)c1ccc(NC(=O)c2ccccc2Cl)cc1. The molecule has 3 aromatic rings. The molecule has 0 aromatic heterocycles. The highest BCUT2D eigenvalue weighted by molar-refractivity contribution is 6.34. The Hall–Kier alpha value is -3.51. The molecule has 0 aliphatic rings. The summed E-state index contributed by atoms with van der Waals surface area (Å²) in [6.45, 7) is 0. The molecule has 0 heterocycles. The number of halogens is 2. The number of nitrogens with one attached hydrogen (secondary N) is 2. The molecular weight excluding hydrogens is 381 g/mol. The van der Waals surface area contributed by atoms with Crippen LogP contribution in [0.4, 0.5) is 10.1 Å². The zero-order valence-corrected chi connectivity index (χ0v) is 15.3. The first kappa shape index (κ1) is 19.3. The van der Waals surface area contributed by atoms with E-state index in [9.17, 15) is 14.0 Å². The Balaban J connectivity index is 1.61. The average molecular weight is 396 g/mol. The maximum absolute atomic E-state index is 13.5. The van der Waals surface area contributed by atoms with Crippen LogP contribution in [-0.2, 0) is 0 Å². The number of hydrogen-bond donors (Lipinski definition) is 2. The lowest BCUT2D eigenvalue weighted by Gasteiger charge is -2.07. The van der Waals surface area contributed by atoms with Crippen molar-refractivity contribution in [3.8, 4) is 0 Å². The van der Waals surface area contributed by atoms with Gasteiger partial charge in [0.1, 0.15) is 5.82 Å². The van der Waals surface area contributed by atoms with Crippen LogP contribution in [0.1, 0.15) is 26.3 Å². The molecule has 0 atom stereocenters. The Bertz CT molecular complexity index is 1040. The Kier molecular flexibility index (Phi) is 6.14. The number of nitrogens with zero attached hydrogens (tertiary/aromatic N) is 1. The van der Waals surface area contributed by atoms with Gasteiger partial charge in [-0.1, -0.05) is 41.9 Å². The lowest BCUT2D eigenvalue weighted by Crippen LogP contribution is -2.18. The van der Waals surface area contributed by atoms with Crippen molar-refractivity contribution >= 4 is 35.3 Å². The molecule has 7 heteroatoms. The quantitative estimate of drug-likeness (QED) is 0.493. The van der Waals surface area contributed by atoms with Crippen LogP contribution < -0.4 is 10.7 Å². The highest BCUT2D eigenvalue weighted by Crippen LogP contribution is 2.17. The van der Waals surface area contributed by atoms with Crippen molar-refractivity contribution in [1.29, 1.82) is 0 Å². The van der Waals surface area contributed by atoms with Crippen LogP contribution in [0, 0.1) is 5.82 Å². The van der Waals surface area contributed by atoms with Crippen LogP contribution in [0.5, 0.6) is 0 Å². The van der Waals surface area contributed by atoms with Gasteiger partial charge in [-0.2, -0.15) is 5.10 Å². The first-order valence-corrected chi connectivity index (χ1v) is 8.66. The minimum Gasteiger partial charge on any atom is -0.322 e. The third-order valence-corrected chi connectivity index (χ3v) is 4.13. The summed E-state index contributed by atoms with van der Waals surface area (Å²) in [5.74, 6) is -1.24. The van der Waals surface area contributed by atoms with E-state index in [0.29, 0.717) is 21.8 Å². The van der Waals surface area contributed by atoms with Crippen molar-refractivity contribution in [3.63, 3.8) is 0 Å². The molecule has 0 saturated carbocycles. The molecule has 2 amide bonds. The number of carbonyl (C=O) groups is 2. The zero-order chi connectivity index (χ0) is 19.9. The standard InChI is InChI=1S/C21H15ClFN3O2/c22-18-7-3-2-6-17(18)21(28)25-16-11-9-14(10-12-16)20(27)26-24-13-15-5-1-4-8-19(15)23/h1-13H,(H,25,28)(H,26,27). The summed E-state index contributed by atoms with van der Waals surface area (Å²) >= 11 is 6.00. The number of amides is 2. The second-order valence-corrected chi connectivity index (χ2v) is 6.14. The molecule has 140 valence electrons. The fraction of sp³-hybridized carbons (Fsp3) is 0. The van der Waals surface area contributed by atoms with Crippen molar-refractivity contribution < 1.29 is 14.0 Å². The van der Waals surface area contributed by atoms with E-state index < -0.39 is 11.7 Å². The molecule has 0 unspecified atom stereocenters. The molecule has 0 radical (unpaired) electrons. The Morgan fingerprint density at radius 1 is 0.893 bits per heavy atom. The molecule has 0 spiro atoms. The average Bonchev–Trinajstić information content (AvgIpc) is 2.70. The van der Waals surface area contributed by atoms with Gasteiger partial charge in [-0.15, -0.1) is 0 Å². The number of hydrazone groups is 1. The van der Waals surface area contributed by atoms with E-state index in [1.54, 1.807) is 54.6 Å². The van der Waals surface area contributed by atoms with Gasteiger partial charge in [0.25, 0.3) is 11.8 Å². The van der Waals surface area contributed by atoms with Gasteiger partial charge in [-0.25, -0.2) is 9.82 Å². The Morgan fingerprint density at radius 3 is 2.29 bits per heavy atom. The van der Waals surface area contributed by atoms with Crippen molar-refractivity contribution in [2.75, 3.05) is 5.32 Å². The second-order valence-electron chi connectivity index (χ2n) is 5.73. The zero-order valence-electron chi connectivity index (χ0n) is 14.5. The summed E-state index contributed by atoms with van der Waals surface area (Å²) in [5.41, 5.74) is 3.79.